The van der Waals surface area contributed by atoms with Crippen molar-refractivity contribution in [1.82, 2.24) is 14.8 Å². The van der Waals surface area contributed by atoms with Crippen LogP contribution >= 0.6 is 0 Å². The van der Waals surface area contributed by atoms with Crippen molar-refractivity contribution >= 4 is 17.5 Å². The van der Waals surface area contributed by atoms with Gasteiger partial charge in [0.05, 0.1) is 5.69 Å². The summed E-state index contributed by atoms with van der Waals surface area (Å²) in [5.41, 5.74) is 3.39. The van der Waals surface area contributed by atoms with Gasteiger partial charge in [0.2, 0.25) is 0 Å². The van der Waals surface area contributed by atoms with Gasteiger partial charge >= 0.3 is 6.18 Å². The maximum absolute atomic E-state index is 13.5. The number of pyridine rings is 1. The molecule has 7 nitrogen and oxygen atoms in total. The predicted octanol–water partition coefficient (Wildman–Crippen LogP) is 4.26. The van der Waals surface area contributed by atoms with Gasteiger partial charge in [-0.3, -0.25) is 19.3 Å². The predicted molar refractivity (Wildman–Crippen MR) is 109 cm³/mol. The smallest absolute Gasteiger partial charge is 0.364 e. The zero-order valence-electron chi connectivity index (χ0n) is 17.5. The van der Waals surface area contributed by atoms with Crippen LogP contribution in [0.25, 0.3) is 0 Å². The average Bonchev–Trinajstić information content (AvgIpc) is 3.31. The van der Waals surface area contributed by atoms with Crippen molar-refractivity contribution in [2.24, 2.45) is 18.7 Å². The van der Waals surface area contributed by atoms with Crippen molar-refractivity contribution in [3.05, 3.63) is 41.0 Å². The number of nitrogens with one attached hydrogen (secondary N) is 1. The van der Waals surface area contributed by atoms with E-state index in [0.29, 0.717) is 12.8 Å². The van der Waals surface area contributed by atoms with Gasteiger partial charge in [0.15, 0.2) is 0 Å². The Hall–Kier alpha value is -2.91. The van der Waals surface area contributed by atoms with Crippen LogP contribution in [0.3, 0.4) is 0 Å². The SMILES string of the molecule is CC1CCCC1.Cn1nc(C2CC2)c(C(F)(F)F)c1C(=O)Nc1ccnc(C(N)=O)c1. The highest BCUT2D eigenvalue weighted by Gasteiger charge is 2.45. The van der Waals surface area contributed by atoms with Crippen molar-refractivity contribution in [2.75, 3.05) is 5.32 Å². The molecule has 2 aliphatic rings. The zero-order valence-corrected chi connectivity index (χ0v) is 17.5. The Morgan fingerprint density at radius 3 is 2.32 bits per heavy atom. The minimum absolute atomic E-state index is 0.104. The summed E-state index contributed by atoms with van der Waals surface area (Å²) in [5, 5.41) is 6.23. The Morgan fingerprint density at radius 1 is 1.19 bits per heavy atom. The molecule has 168 valence electrons. The number of halogens is 3. The number of aromatic nitrogens is 3. The second kappa shape index (κ2) is 9.07. The molecule has 2 aliphatic carbocycles. The highest BCUT2D eigenvalue weighted by atomic mass is 19.4. The first kappa shape index (κ1) is 22.8. The maximum atomic E-state index is 13.5. The third-order valence-corrected chi connectivity index (χ3v) is 5.45. The number of primary amides is 1. The van der Waals surface area contributed by atoms with E-state index in [-0.39, 0.29) is 23.0 Å². The molecular weight excluding hydrogens is 411 g/mol. The lowest BCUT2D eigenvalue weighted by Gasteiger charge is -2.11. The van der Waals surface area contributed by atoms with E-state index in [1.807, 2.05) is 0 Å². The van der Waals surface area contributed by atoms with E-state index in [4.69, 9.17) is 5.73 Å². The molecule has 0 bridgehead atoms. The molecule has 2 fully saturated rings. The molecule has 3 N–H and O–H groups in total. The molecule has 0 unspecified atom stereocenters. The largest absolute Gasteiger partial charge is 0.420 e. The quantitative estimate of drug-likeness (QED) is 0.746. The highest BCUT2D eigenvalue weighted by Crippen LogP contribution is 2.46. The molecule has 2 heterocycles. The van der Waals surface area contributed by atoms with Crippen molar-refractivity contribution in [3.63, 3.8) is 0 Å². The lowest BCUT2D eigenvalue weighted by Crippen LogP contribution is -2.22. The number of amides is 2. The van der Waals surface area contributed by atoms with Gasteiger partial charge < -0.3 is 11.1 Å². The molecule has 0 radical (unpaired) electrons. The van der Waals surface area contributed by atoms with Crippen molar-refractivity contribution in [3.8, 4) is 0 Å². The molecule has 4 rings (SSSR count). The fraction of sp³-hybridized carbons (Fsp3) is 0.524. The first-order valence-electron chi connectivity index (χ1n) is 10.3. The van der Waals surface area contributed by atoms with Crippen molar-refractivity contribution in [1.29, 1.82) is 0 Å². The first-order chi connectivity index (χ1) is 14.6. The molecule has 0 aliphatic heterocycles. The zero-order chi connectivity index (χ0) is 22.8. The number of alkyl halides is 3. The van der Waals surface area contributed by atoms with E-state index in [1.165, 1.54) is 51.1 Å². The molecule has 0 saturated heterocycles. The second-order valence-corrected chi connectivity index (χ2v) is 8.14. The molecule has 2 aromatic heterocycles. The summed E-state index contributed by atoms with van der Waals surface area (Å²) >= 11 is 0. The summed E-state index contributed by atoms with van der Waals surface area (Å²) in [4.78, 5) is 27.3. The Balaban J connectivity index is 0.000000391. The van der Waals surface area contributed by atoms with Gasteiger partial charge in [-0.25, -0.2) is 0 Å². The number of aryl methyl sites for hydroxylation is 1. The monoisotopic (exact) mass is 437 g/mol. The van der Waals surface area contributed by atoms with Crippen LogP contribution in [0.15, 0.2) is 18.3 Å². The van der Waals surface area contributed by atoms with Crippen LogP contribution in [-0.4, -0.2) is 26.6 Å². The molecular formula is C21H26F3N5O2. The van der Waals surface area contributed by atoms with E-state index >= 15 is 0 Å². The number of anilines is 1. The van der Waals surface area contributed by atoms with E-state index in [2.05, 4.69) is 22.3 Å². The van der Waals surface area contributed by atoms with Gasteiger partial charge in [-0.15, -0.1) is 0 Å². The standard InChI is InChI=1S/C15H14F3N5O2.C6H12/c1-23-12(10(15(16,17)18)11(22-23)7-2-3-7)14(25)21-8-4-5-20-9(6-8)13(19)24;1-6-4-2-3-5-6/h4-7H,2-3H2,1H3,(H2,19,24)(H,20,21,25);6H,2-5H2,1H3. The van der Waals surface area contributed by atoms with Gasteiger partial charge in [0, 0.05) is 24.8 Å². The lowest BCUT2D eigenvalue weighted by atomic mass is 10.1. The summed E-state index contributed by atoms with van der Waals surface area (Å²) in [6.07, 6.45) is 3.71. The molecule has 0 spiro atoms. The van der Waals surface area contributed by atoms with Crippen molar-refractivity contribution in [2.45, 2.75) is 57.5 Å². The van der Waals surface area contributed by atoms with Gasteiger partial charge in [-0.1, -0.05) is 32.6 Å². The van der Waals surface area contributed by atoms with Gasteiger partial charge in [0.25, 0.3) is 11.8 Å². The van der Waals surface area contributed by atoms with Crippen LogP contribution in [0, 0.1) is 5.92 Å². The van der Waals surface area contributed by atoms with Gasteiger partial charge in [-0.05, 0) is 30.9 Å². The first-order valence-corrected chi connectivity index (χ1v) is 10.3. The average molecular weight is 437 g/mol. The van der Waals surface area contributed by atoms with E-state index in [9.17, 15) is 22.8 Å². The number of rotatable bonds is 4. The Kier molecular flexibility index (Phi) is 6.66. The van der Waals surface area contributed by atoms with Crippen LogP contribution < -0.4 is 11.1 Å². The van der Waals surface area contributed by atoms with Crippen LogP contribution in [-0.2, 0) is 13.2 Å². The highest BCUT2D eigenvalue weighted by molar-refractivity contribution is 6.05. The summed E-state index contributed by atoms with van der Waals surface area (Å²) in [6.45, 7) is 2.34. The Bertz CT molecular complexity index is 960. The summed E-state index contributed by atoms with van der Waals surface area (Å²) in [6, 6.07) is 2.53. The van der Waals surface area contributed by atoms with Crippen LogP contribution in [0.4, 0.5) is 18.9 Å². The molecule has 2 saturated carbocycles. The summed E-state index contributed by atoms with van der Waals surface area (Å²) < 4.78 is 41.4. The number of nitrogens with two attached hydrogens (primary N) is 1. The normalized spacial score (nSPS) is 16.5. The van der Waals surface area contributed by atoms with Crippen LogP contribution in [0.1, 0.15) is 83.6 Å². The molecule has 0 atom stereocenters. The van der Waals surface area contributed by atoms with Gasteiger partial charge in [-0.2, -0.15) is 18.3 Å². The number of hydrogen-bond acceptors (Lipinski definition) is 4. The fourth-order valence-electron chi connectivity index (χ4n) is 3.69. The van der Waals surface area contributed by atoms with E-state index in [1.54, 1.807) is 0 Å². The summed E-state index contributed by atoms with van der Waals surface area (Å²) in [5.74, 6) is -1.02. The minimum Gasteiger partial charge on any atom is -0.364 e. The van der Waals surface area contributed by atoms with Gasteiger partial charge in [0.1, 0.15) is 17.0 Å². The maximum Gasteiger partial charge on any atom is 0.420 e. The molecule has 2 amide bonds. The molecule has 10 heteroatoms. The molecule has 2 aromatic rings. The number of carbonyl (C=O) groups is 2. The van der Waals surface area contributed by atoms with Crippen LogP contribution in [0.2, 0.25) is 0 Å². The summed E-state index contributed by atoms with van der Waals surface area (Å²) in [7, 11) is 1.29. The molecule has 31 heavy (non-hydrogen) atoms. The fourth-order valence-corrected chi connectivity index (χ4v) is 3.69. The van der Waals surface area contributed by atoms with Crippen LogP contribution in [0.5, 0.6) is 0 Å². The van der Waals surface area contributed by atoms with E-state index in [0.717, 1.165) is 10.6 Å². The molecule has 0 aromatic carbocycles. The second-order valence-electron chi connectivity index (χ2n) is 8.14. The third-order valence-electron chi connectivity index (χ3n) is 5.45. The topological polar surface area (TPSA) is 103 Å². The lowest BCUT2D eigenvalue weighted by molar-refractivity contribution is -0.138. The number of carbonyl (C=O) groups excluding carboxylic acids is 2. The number of hydrogen-bond donors (Lipinski definition) is 2. The van der Waals surface area contributed by atoms with E-state index < -0.39 is 29.2 Å². The number of nitrogens with zero attached hydrogens (tertiary/aromatic N) is 3. The Labute approximate surface area is 178 Å². The third kappa shape index (κ3) is 5.62. The Morgan fingerprint density at radius 2 is 1.84 bits per heavy atom. The minimum atomic E-state index is -4.70. The van der Waals surface area contributed by atoms with Crippen molar-refractivity contribution < 1.29 is 22.8 Å².